The Kier molecular flexibility index (Phi) is 2.99. The highest BCUT2D eigenvalue weighted by Crippen LogP contribution is 2.28. The van der Waals surface area contributed by atoms with Gasteiger partial charge in [0.15, 0.2) is 5.82 Å². The number of benzene rings is 2. The average molecular weight is 264 g/mol. The van der Waals surface area contributed by atoms with E-state index in [0.717, 1.165) is 28.3 Å². The van der Waals surface area contributed by atoms with E-state index in [-0.39, 0.29) is 0 Å². The Bertz CT molecular complexity index is 744. The normalized spacial score (nSPS) is 10.7. The second-order valence-electron chi connectivity index (χ2n) is 4.87. The molecule has 4 heteroatoms. The molecule has 0 saturated carbocycles. The second-order valence-corrected chi connectivity index (χ2v) is 4.87. The van der Waals surface area contributed by atoms with E-state index in [1.807, 2.05) is 47.0 Å². The lowest BCUT2D eigenvalue weighted by molar-refractivity contribution is 1.06. The van der Waals surface area contributed by atoms with Crippen LogP contribution < -0.4 is 5.73 Å². The summed E-state index contributed by atoms with van der Waals surface area (Å²) in [6.45, 7) is 4.13. The van der Waals surface area contributed by atoms with Crippen molar-refractivity contribution >= 4 is 5.69 Å². The minimum absolute atomic E-state index is 0.741. The third-order valence-electron chi connectivity index (χ3n) is 3.51. The zero-order valence-corrected chi connectivity index (χ0v) is 11.5. The van der Waals surface area contributed by atoms with Crippen LogP contribution in [0.2, 0.25) is 0 Å². The summed E-state index contributed by atoms with van der Waals surface area (Å²) in [4.78, 5) is 0. The summed E-state index contributed by atoms with van der Waals surface area (Å²) in [7, 11) is 0. The quantitative estimate of drug-likeness (QED) is 0.723. The van der Waals surface area contributed by atoms with E-state index in [1.165, 1.54) is 5.56 Å². The van der Waals surface area contributed by atoms with Crippen molar-refractivity contribution in [2.75, 3.05) is 5.73 Å². The van der Waals surface area contributed by atoms with Crippen LogP contribution in [0.1, 0.15) is 11.1 Å². The molecule has 100 valence electrons. The molecule has 1 aromatic heterocycles. The maximum atomic E-state index is 5.97. The van der Waals surface area contributed by atoms with Crippen molar-refractivity contribution in [3.05, 3.63) is 59.9 Å². The van der Waals surface area contributed by atoms with Gasteiger partial charge in [0.2, 0.25) is 0 Å². The van der Waals surface area contributed by atoms with Gasteiger partial charge in [-0.3, -0.25) is 4.57 Å². The lowest BCUT2D eigenvalue weighted by atomic mass is 10.0. The lowest BCUT2D eigenvalue weighted by Gasteiger charge is -2.11. The Morgan fingerprint density at radius 1 is 1.05 bits per heavy atom. The van der Waals surface area contributed by atoms with E-state index in [2.05, 4.69) is 24.0 Å². The molecule has 0 fully saturated rings. The Morgan fingerprint density at radius 2 is 1.80 bits per heavy atom. The van der Waals surface area contributed by atoms with Gasteiger partial charge >= 0.3 is 0 Å². The monoisotopic (exact) mass is 264 g/mol. The third-order valence-corrected chi connectivity index (χ3v) is 3.51. The van der Waals surface area contributed by atoms with E-state index in [1.54, 1.807) is 6.33 Å². The Balaban J connectivity index is 2.21. The molecule has 3 aromatic rings. The van der Waals surface area contributed by atoms with Gasteiger partial charge in [-0.2, -0.15) is 0 Å². The van der Waals surface area contributed by atoms with Gasteiger partial charge in [0.05, 0.1) is 0 Å². The van der Waals surface area contributed by atoms with Gasteiger partial charge in [-0.15, -0.1) is 10.2 Å². The number of nitrogen functional groups attached to an aromatic ring is 1. The Morgan fingerprint density at radius 3 is 2.55 bits per heavy atom. The molecule has 0 spiro atoms. The van der Waals surface area contributed by atoms with Crippen LogP contribution in [0.4, 0.5) is 5.69 Å². The molecule has 2 aromatic carbocycles. The molecule has 0 aliphatic heterocycles. The van der Waals surface area contributed by atoms with Crippen LogP contribution in [0.25, 0.3) is 17.1 Å². The zero-order chi connectivity index (χ0) is 14.1. The zero-order valence-electron chi connectivity index (χ0n) is 11.5. The summed E-state index contributed by atoms with van der Waals surface area (Å²) in [6.07, 6.45) is 1.72. The van der Waals surface area contributed by atoms with Crippen molar-refractivity contribution in [1.82, 2.24) is 14.8 Å². The molecule has 20 heavy (non-hydrogen) atoms. The molecule has 0 aliphatic rings. The standard InChI is InChI=1S/C16H16N4/c1-11-8-13(17)9-15(12(11)2)16-19-18-10-20(16)14-6-4-3-5-7-14/h3-10H,17H2,1-2H3. The van der Waals surface area contributed by atoms with Gasteiger partial charge < -0.3 is 5.73 Å². The van der Waals surface area contributed by atoms with Crippen LogP contribution in [-0.2, 0) is 0 Å². The average Bonchev–Trinajstić information content (AvgIpc) is 2.93. The van der Waals surface area contributed by atoms with Crippen LogP contribution in [0.3, 0.4) is 0 Å². The Labute approximate surface area is 117 Å². The number of hydrogen-bond donors (Lipinski definition) is 1. The van der Waals surface area contributed by atoms with Crippen molar-refractivity contribution in [2.45, 2.75) is 13.8 Å². The summed E-state index contributed by atoms with van der Waals surface area (Å²) in [5, 5.41) is 8.31. The third kappa shape index (κ3) is 2.05. The van der Waals surface area contributed by atoms with Gasteiger partial charge in [0.1, 0.15) is 6.33 Å². The van der Waals surface area contributed by atoms with Gasteiger partial charge in [-0.1, -0.05) is 18.2 Å². The highest BCUT2D eigenvalue weighted by atomic mass is 15.3. The molecule has 0 amide bonds. The van der Waals surface area contributed by atoms with Crippen molar-refractivity contribution in [3.8, 4) is 17.1 Å². The van der Waals surface area contributed by atoms with Crippen molar-refractivity contribution < 1.29 is 0 Å². The number of nitrogens with zero attached hydrogens (tertiary/aromatic N) is 3. The van der Waals surface area contributed by atoms with Gasteiger partial charge in [0, 0.05) is 16.9 Å². The van der Waals surface area contributed by atoms with Crippen molar-refractivity contribution in [2.24, 2.45) is 0 Å². The van der Waals surface area contributed by atoms with Crippen LogP contribution in [0.15, 0.2) is 48.8 Å². The van der Waals surface area contributed by atoms with Gasteiger partial charge in [0.25, 0.3) is 0 Å². The fourth-order valence-electron chi connectivity index (χ4n) is 2.32. The molecule has 4 nitrogen and oxygen atoms in total. The molecule has 2 N–H and O–H groups in total. The summed E-state index contributed by atoms with van der Waals surface area (Å²) in [5.74, 6) is 0.809. The highest BCUT2D eigenvalue weighted by Gasteiger charge is 2.13. The van der Waals surface area contributed by atoms with Crippen LogP contribution in [0, 0.1) is 13.8 Å². The fourth-order valence-corrected chi connectivity index (χ4v) is 2.32. The predicted octanol–water partition coefficient (Wildman–Crippen LogP) is 3.13. The molecule has 0 bridgehead atoms. The van der Waals surface area contributed by atoms with E-state index < -0.39 is 0 Å². The second kappa shape index (κ2) is 4.81. The maximum absolute atomic E-state index is 5.97. The number of aryl methyl sites for hydroxylation is 1. The van der Waals surface area contributed by atoms with E-state index in [9.17, 15) is 0 Å². The first-order valence-corrected chi connectivity index (χ1v) is 6.49. The number of aromatic nitrogens is 3. The summed E-state index contributed by atoms with van der Waals surface area (Å²) < 4.78 is 1.97. The van der Waals surface area contributed by atoms with Crippen molar-refractivity contribution in [1.29, 1.82) is 0 Å². The topological polar surface area (TPSA) is 56.7 Å². The molecule has 0 saturated heterocycles. The number of hydrogen-bond acceptors (Lipinski definition) is 3. The molecule has 3 rings (SSSR count). The molecular formula is C16H16N4. The number of rotatable bonds is 2. The first-order valence-electron chi connectivity index (χ1n) is 6.49. The van der Waals surface area contributed by atoms with Crippen LogP contribution >= 0.6 is 0 Å². The summed E-state index contributed by atoms with van der Waals surface area (Å²) >= 11 is 0. The first-order chi connectivity index (χ1) is 9.66. The minimum atomic E-state index is 0.741. The van der Waals surface area contributed by atoms with Gasteiger partial charge in [-0.25, -0.2) is 0 Å². The predicted molar refractivity (Wildman–Crippen MR) is 80.7 cm³/mol. The van der Waals surface area contributed by atoms with E-state index >= 15 is 0 Å². The van der Waals surface area contributed by atoms with E-state index in [0.29, 0.717) is 0 Å². The summed E-state index contributed by atoms with van der Waals surface area (Å²) in [6, 6.07) is 14.0. The van der Waals surface area contributed by atoms with Crippen molar-refractivity contribution in [3.63, 3.8) is 0 Å². The SMILES string of the molecule is Cc1cc(N)cc(-c2nncn2-c2ccccc2)c1C. The molecule has 1 heterocycles. The number of para-hydroxylation sites is 1. The highest BCUT2D eigenvalue weighted by molar-refractivity contribution is 5.68. The largest absolute Gasteiger partial charge is 0.399 e. The summed E-state index contributed by atoms with van der Waals surface area (Å²) in [5.41, 5.74) is 11.1. The van der Waals surface area contributed by atoms with Crippen LogP contribution in [-0.4, -0.2) is 14.8 Å². The molecule has 0 atom stereocenters. The minimum Gasteiger partial charge on any atom is -0.399 e. The molecule has 0 unspecified atom stereocenters. The maximum Gasteiger partial charge on any atom is 0.168 e. The lowest BCUT2D eigenvalue weighted by Crippen LogP contribution is -2.00. The molecule has 0 radical (unpaired) electrons. The smallest absolute Gasteiger partial charge is 0.168 e. The first kappa shape index (κ1) is 12.4. The molecule has 0 aliphatic carbocycles. The van der Waals surface area contributed by atoms with Crippen LogP contribution in [0.5, 0.6) is 0 Å². The number of nitrogens with two attached hydrogens (primary N) is 1. The van der Waals surface area contributed by atoms with E-state index in [4.69, 9.17) is 5.73 Å². The molecular weight excluding hydrogens is 248 g/mol. The van der Waals surface area contributed by atoms with Gasteiger partial charge in [-0.05, 0) is 49.2 Å². The Hall–Kier alpha value is -2.62. The fraction of sp³-hybridized carbons (Fsp3) is 0.125. The number of anilines is 1.